The summed E-state index contributed by atoms with van der Waals surface area (Å²) in [5, 5.41) is 2.88. The standard InChI is InChI=1S/C14H20BrNO3/c1-9(2)10(15)8-16-14(17)13-11(18-3)6-5-7-12(13)19-4/h5-7,9-10H,8H2,1-4H3,(H,16,17). The fourth-order valence-corrected chi connectivity index (χ4v) is 1.75. The molecule has 0 bridgehead atoms. The number of carbonyl (C=O) groups is 1. The number of ether oxygens (including phenoxy) is 2. The molecule has 1 aromatic carbocycles. The number of amides is 1. The largest absolute Gasteiger partial charge is 0.496 e. The Labute approximate surface area is 122 Å². The fraction of sp³-hybridized carbons (Fsp3) is 0.500. The van der Waals surface area contributed by atoms with Crippen LogP contribution in [0.5, 0.6) is 11.5 Å². The van der Waals surface area contributed by atoms with Crippen molar-refractivity contribution in [3.8, 4) is 11.5 Å². The van der Waals surface area contributed by atoms with E-state index in [9.17, 15) is 4.79 Å². The number of carbonyl (C=O) groups excluding carboxylic acids is 1. The van der Waals surface area contributed by atoms with E-state index in [2.05, 4.69) is 35.1 Å². The summed E-state index contributed by atoms with van der Waals surface area (Å²) >= 11 is 3.54. The molecule has 0 saturated heterocycles. The Balaban J connectivity index is 2.86. The highest BCUT2D eigenvalue weighted by molar-refractivity contribution is 9.09. The zero-order valence-corrected chi connectivity index (χ0v) is 13.3. The van der Waals surface area contributed by atoms with E-state index in [1.54, 1.807) is 18.2 Å². The third-order valence-corrected chi connectivity index (χ3v) is 4.22. The Morgan fingerprint density at radius 1 is 1.26 bits per heavy atom. The lowest BCUT2D eigenvalue weighted by atomic mass is 10.1. The monoisotopic (exact) mass is 329 g/mol. The van der Waals surface area contributed by atoms with Crippen LogP contribution in [0.25, 0.3) is 0 Å². The average molecular weight is 330 g/mol. The number of alkyl halides is 1. The highest BCUT2D eigenvalue weighted by atomic mass is 79.9. The third kappa shape index (κ3) is 4.13. The molecule has 1 atom stereocenters. The van der Waals surface area contributed by atoms with Crippen molar-refractivity contribution < 1.29 is 14.3 Å². The molecule has 0 heterocycles. The van der Waals surface area contributed by atoms with Gasteiger partial charge in [-0.15, -0.1) is 0 Å². The summed E-state index contributed by atoms with van der Waals surface area (Å²) in [5.74, 6) is 1.26. The zero-order valence-electron chi connectivity index (χ0n) is 11.7. The van der Waals surface area contributed by atoms with Gasteiger partial charge in [0.05, 0.1) is 14.2 Å². The molecule has 106 valence electrons. The second-order valence-electron chi connectivity index (χ2n) is 4.51. The smallest absolute Gasteiger partial charge is 0.258 e. The van der Waals surface area contributed by atoms with Crippen LogP contribution in [0.1, 0.15) is 24.2 Å². The topological polar surface area (TPSA) is 47.6 Å². The molecule has 0 aliphatic heterocycles. The zero-order chi connectivity index (χ0) is 14.4. The Kier molecular flexibility index (Phi) is 6.15. The van der Waals surface area contributed by atoms with E-state index < -0.39 is 0 Å². The highest BCUT2D eigenvalue weighted by Gasteiger charge is 2.19. The van der Waals surface area contributed by atoms with E-state index in [-0.39, 0.29) is 10.7 Å². The van der Waals surface area contributed by atoms with Crippen LogP contribution in [-0.4, -0.2) is 31.5 Å². The molecule has 0 fully saturated rings. The molecule has 5 heteroatoms. The lowest BCUT2D eigenvalue weighted by Gasteiger charge is -2.16. The van der Waals surface area contributed by atoms with Crippen LogP contribution < -0.4 is 14.8 Å². The SMILES string of the molecule is COc1cccc(OC)c1C(=O)NCC(Br)C(C)C. The van der Waals surface area contributed by atoms with Crippen LogP contribution in [0.3, 0.4) is 0 Å². The summed E-state index contributed by atoms with van der Waals surface area (Å²) in [6.45, 7) is 4.74. The van der Waals surface area contributed by atoms with Crippen LogP contribution in [0.4, 0.5) is 0 Å². The van der Waals surface area contributed by atoms with Crippen molar-refractivity contribution in [1.29, 1.82) is 0 Å². The van der Waals surface area contributed by atoms with Gasteiger partial charge < -0.3 is 14.8 Å². The first-order valence-corrected chi connectivity index (χ1v) is 7.06. The third-order valence-electron chi connectivity index (χ3n) is 2.84. The van der Waals surface area contributed by atoms with Gasteiger partial charge in [0.2, 0.25) is 0 Å². The molecule has 0 aromatic heterocycles. The van der Waals surface area contributed by atoms with Crippen LogP contribution in [0.15, 0.2) is 18.2 Å². The molecule has 4 nitrogen and oxygen atoms in total. The summed E-state index contributed by atoms with van der Waals surface area (Å²) in [7, 11) is 3.07. The van der Waals surface area contributed by atoms with Crippen LogP contribution in [0.2, 0.25) is 0 Å². The van der Waals surface area contributed by atoms with Gasteiger partial charge >= 0.3 is 0 Å². The maximum absolute atomic E-state index is 12.2. The van der Waals surface area contributed by atoms with Gasteiger partial charge in [0.25, 0.3) is 5.91 Å². The van der Waals surface area contributed by atoms with Gasteiger partial charge in [0, 0.05) is 11.4 Å². The van der Waals surface area contributed by atoms with Gasteiger partial charge in [-0.1, -0.05) is 35.8 Å². The van der Waals surface area contributed by atoms with Crippen LogP contribution in [0, 0.1) is 5.92 Å². The number of halogens is 1. The van der Waals surface area contributed by atoms with Crippen LogP contribution >= 0.6 is 15.9 Å². The van der Waals surface area contributed by atoms with Crippen molar-refractivity contribution in [1.82, 2.24) is 5.32 Å². The summed E-state index contributed by atoms with van der Waals surface area (Å²) < 4.78 is 10.4. The first-order valence-electron chi connectivity index (χ1n) is 6.14. The molecule has 0 saturated carbocycles. The second kappa shape index (κ2) is 7.38. The van der Waals surface area contributed by atoms with Gasteiger partial charge in [0.1, 0.15) is 17.1 Å². The van der Waals surface area contributed by atoms with E-state index in [1.807, 2.05) is 0 Å². The maximum atomic E-state index is 12.2. The Bertz CT molecular complexity index is 412. The van der Waals surface area contributed by atoms with E-state index in [4.69, 9.17) is 9.47 Å². The van der Waals surface area contributed by atoms with Gasteiger partial charge in [-0.05, 0) is 18.1 Å². The molecule has 0 spiro atoms. The van der Waals surface area contributed by atoms with Crippen molar-refractivity contribution in [2.75, 3.05) is 20.8 Å². The fourth-order valence-electron chi connectivity index (χ4n) is 1.59. The number of rotatable bonds is 6. The highest BCUT2D eigenvalue weighted by Crippen LogP contribution is 2.28. The number of methoxy groups -OCH3 is 2. The molecular formula is C14H20BrNO3. The molecule has 1 unspecified atom stereocenters. The average Bonchev–Trinajstić information content (AvgIpc) is 2.42. The van der Waals surface area contributed by atoms with Gasteiger partial charge in [0.15, 0.2) is 0 Å². The predicted molar refractivity (Wildman–Crippen MR) is 79.4 cm³/mol. The summed E-state index contributed by atoms with van der Waals surface area (Å²) in [6, 6.07) is 5.27. The van der Waals surface area contributed by atoms with Gasteiger partial charge in [-0.25, -0.2) is 0 Å². The van der Waals surface area contributed by atoms with Crippen molar-refractivity contribution in [3.05, 3.63) is 23.8 Å². The normalized spacial score (nSPS) is 12.1. The molecule has 19 heavy (non-hydrogen) atoms. The first-order chi connectivity index (χ1) is 9.01. The Morgan fingerprint density at radius 2 is 1.79 bits per heavy atom. The van der Waals surface area contributed by atoms with Gasteiger partial charge in [-0.2, -0.15) is 0 Å². The van der Waals surface area contributed by atoms with E-state index in [0.29, 0.717) is 29.5 Å². The lowest BCUT2D eigenvalue weighted by molar-refractivity contribution is 0.0946. The minimum Gasteiger partial charge on any atom is -0.496 e. The minimum atomic E-state index is -0.195. The van der Waals surface area contributed by atoms with Gasteiger partial charge in [-0.3, -0.25) is 4.79 Å². The Hall–Kier alpha value is -1.23. The summed E-state index contributed by atoms with van der Waals surface area (Å²) in [6.07, 6.45) is 0. The number of hydrogen-bond donors (Lipinski definition) is 1. The minimum absolute atomic E-state index is 0.195. The quantitative estimate of drug-likeness (QED) is 0.816. The van der Waals surface area contributed by atoms with E-state index in [0.717, 1.165) is 0 Å². The van der Waals surface area contributed by atoms with Crippen molar-refractivity contribution in [3.63, 3.8) is 0 Å². The number of benzene rings is 1. The molecular weight excluding hydrogens is 310 g/mol. The van der Waals surface area contributed by atoms with E-state index >= 15 is 0 Å². The summed E-state index contributed by atoms with van der Waals surface area (Å²) in [4.78, 5) is 12.5. The molecule has 1 amide bonds. The number of hydrogen-bond acceptors (Lipinski definition) is 3. The van der Waals surface area contributed by atoms with Crippen molar-refractivity contribution >= 4 is 21.8 Å². The first kappa shape index (κ1) is 15.8. The van der Waals surface area contributed by atoms with Crippen molar-refractivity contribution in [2.24, 2.45) is 5.92 Å². The molecule has 0 aliphatic rings. The molecule has 1 rings (SSSR count). The second-order valence-corrected chi connectivity index (χ2v) is 5.68. The molecule has 0 radical (unpaired) electrons. The van der Waals surface area contributed by atoms with E-state index in [1.165, 1.54) is 14.2 Å². The summed E-state index contributed by atoms with van der Waals surface area (Å²) in [5.41, 5.74) is 0.427. The lowest BCUT2D eigenvalue weighted by Crippen LogP contribution is -2.32. The van der Waals surface area contributed by atoms with Crippen LogP contribution in [-0.2, 0) is 0 Å². The maximum Gasteiger partial charge on any atom is 0.258 e. The molecule has 1 N–H and O–H groups in total. The van der Waals surface area contributed by atoms with Crippen molar-refractivity contribution in [2.45, 2.75) is 18.7 Å². The number of nitrogens with one attached hydrogen (secondary N) is 1. The molecule has 1 aromatic rings. The Morgan fingerprint density at radius 3 is 2.21 bits per heavy atom. The predicted octanol–water partition coefficient (Wildman–Crippen LogP) is 2.85. The molecule has 0 aliphatic carbocycles.